The number of anilines is 1. The second-order valence-electron chi connectivity index (χ2n) is 3.86. The van der Waals surface area contributed by atoms with Gasteiger partial charge in [-0.15, -0.1) is 0 Å². The lowest BCUT2D eigenvalue weighted by Crippen LogP contribution is -2.03. The van der Waals surface area contributed by atoms with E-state index in [0.29, 0.717) is 5.56 Å². The van der Waals surface area contributed by atoms with E-state index in [1.807, 2.05) is 14.0 Å². The van der Waals surface area contributed by atoms with Crippen LogP contribution in [0.1, 0.15) is 11.3 Å². The summed E-state index contributed by atoms with van der Waals surface area (Å²) in [4.78, 5) is 0. The summed E-state index contributed by atoms with van der Waals surface area (Å²) in [6, 6.07) is 3.42. The van der Waals surface area contributed by atoms with Crippen molar-refractivity contribution in [1.82, 2.24) is 9.78 Å². The minimum atomic E-state index is -0.439. The second-order valence-corrected chi connectivity index (χ2v) is 3.86. The topological polar surface area (TPSA) is 29.9 Å². The molecule has 17 heavy (non-hydrogen) atoms. The lowest BCUT2D eigenvalue weighted by Gasteiger charge is -2.07. The van der Waals surface area contributed by atoms with Gasteiger partial charge < -0.3 is 5.32 Å². The Labute approximate surface area is 98.1 Å². The molecule has 0 spiro atoms. The fourth-order valence-corrected chi connectivity index (χ4v) is 1.54. The van der Waals surface area contributed by atoms with Gasteiger partial charge in [-0.2, -0.15) is 5.10 Å². The lowest BCUT2D eigenvalue weighted by molar-refractivity contribution is 0.587. The summed E-state index contributed by atoms with van der Waals surface area (Å²) >= 11 is 0. The molecule has 0 bridgehead atoms. The van der Waals surface area contributed by atoms with E-state index in [0.717, 1.165) is 23.5 Å². The van der Waals surface area contributed by atoms with Crippen LogP contribution < -0.4 is 5.32 Å². The standard InChI is InChI=1S/C12H13F2N3/c1-8-12(7-16-17(8)2)15-6-9-5-10(13)3-4-11(9)14/h3-5,7,15H,6H2,1-2H3. The number of aromatic nitrogens is 2. The van der Waals surface area contributed by atoms with Crippen molar-refractivity contribution in [3.63, 3.8) is 0 Å². The van der Waals surface area contributed by atoms with Crippen LogP contribution in [0.3, 0.4) is 0 Å². The van der Waals surface area contributed by atoms with Gasteiger partial charge in [0, 0.05) is 19.2 Å². The number of hydrogen-bond donors (Lipinski definition) is 1. The fraction of sp³-hybridized carbons (Fsp3) is 0.250. The molecular weight excluding hydrogens is 224 g/mol. The van der Waals surface area contributed by atoms with Crippen molar-refractivity contribution in [2.75, 3.05) is 5.32 Å². The second kappa shape index (κ2) is 4.53. The molecule has 90 valence electrons. The molecule has 0 aliphatic rings. The average Bonchev–Trinajstić information content (AvgIpc) is 2.62. The number of nitrogens with zero attached hydrogens (tertiary/aromatic N) is 2. The molecule has 0 saturated heterocycles. The van der Waals surface area contributed by atoms with E-state index >= 15 is 0 Å². The summed E-state index contributed by atoms with van der Waals surface area (Å²) in [5, 5.41) is 7.08. The van der Waals surface area contributed by atoms with Gasteiger partial charge in [-0.25, -0.2) is 8.78 Å². The van der Waals surface area contributed by atoms with Crippen LogP contribution in [-0.4, -0.2) is 9.78 Å². The Kier molecular flexibility index (Phi) is 3.08. The number of hydrogen-bond acceptors (Lipinski definition) is 2. The van der Waals surface area contributed by atoms with E-state index in [1.54, 1.807) is 10.9 Å². The number of rotatable bonds is 3. The molecule has 1 aromatic heterocycles. The smallest absolute Gasteiger partial charge is 0.128 e. The van der Waals surface area contributed by atoms with Gasteiger partial charge in [0.25, 0.3) is 0 Å². The molecule has 1 aromatic carbocycles. The minimum absolute atomic E-state index is 0.232. The maximum absolute atomic E-state index is 13.4. The normalized spacial score (nSPS) is 10.6. The monoisotopic (exact) mass is 237 g/mol. The molecule has 3 nitrogen and oxygen atoms in total. The Morgan fingerprint density at radius 2 is 2.12 bits per heavy atom. The summed E-state index contributed by atoms with van der Waals surface area (Å²) in [6.45, 7) is 2.13. The third kappa shape index (κ3) is 2.43. The molecule has 2 aromatic rings. The first-order valence-corrected chi connectivity index (χ1v) is 5.24. The zero-order valence-corrected chi connectivity index (χ0v) is 9.67. The molecule has 0 atom stereocenters. The first kappa shape index (κ1) is 11.6. The number of benzene rings is 1. The molecule has 1 heterocycles. The molecule has 5 heteroatoms. The zero-order chi connectivity index (χ0) is 12.4. The van der Waals surface area contributed by atoms with Crippen molar-refractivity contribution in [1.29, 1.82) is 0 Å². The third-order valence-electron chi connectivity index (χ3n) is 2.71. The molecule has 0 unspecified atom stereocenters. The third-order valence-corrected chi connectivity index (χ3v) is 2.71. The first-order valence-electron chi connectivity index (χ1n) is 5.24. The van der Waals surface area contributed by atoms with E-state index in [1.165, 1.54) is 6.07 Å². The lowest BCUT2D eigenvalue weighted by atomic mass is 10.2. The highest BCUT2D eigenvalue weighted by atomic mass is 19.1. The summed E-state index contributed by atoms with van der Waals surface area (Å²) in [7, 11) is 1.82. The zero-order valence-electron chi connectivity index (χ0n) is 9.67. The van der Waals surface area contributed by atoms with Gasteiger partial charge >= 0.3 is 0 Å². The number of halogens is 2. The van der Waals surface area contributed by atoms with Gasteiger partial charge in [0.05, 0.1) is 17.6 Å². The largest absolute Gasteiger partial charge is 0.378 e. The van der Waals surface area contributed by atoms with Crippen molar-refractivity contribution in [3.05, 3.63) is 47.3 Å². The van der Waals surface area contributed by atoms with E-state index in [9.17, 15) is 8.78 Å². The fourth-order valence-electron chi connectivity index (χ4n) is 1.54. The summed E-state index contributed by atoms with van der Waals surface area (Å²) in [5.41, 5.74) is 2.06. The van der Waals surface area contributed by atoms with Crippen molar-refractivity contribution in [2.24, 2.45) is 7.05 Å². The van der Waals surface area contributed by atoms with Crippen molar-refractivity contribution in [2.45, 2.75) is 13.5 Å². The summed E-state index contributed by atoms with van der Waals surface area (Å²) < 4.78 is 28.0. The number of aryl methyl sites for hydroxylation is 1. The maximum Gasteiger partial charge on any atom is 0.128 e. The minimum Gasteiger partial charge on any atom is -0.378 e. The van der Waals surface area contributed by atoms with E-state index in [2.05, 4.69) is 10.4 Å². The van der Waals surface area contributed by atoms with Crippen molar-refractivity contribution < 1.29 is 8.78 Å². The van der Waals surface area contributed by atoms with Crippen LogP contribution in [0.2, 0.25) is 0 Å². The Bertz CT molecular complexity index is 535. The van der Waals surface area contributed by atoms with Gasteiger partial charge in [0.1, 0.15) is 11.6 Å². The molecule has 0 aliphatic heterocycles. The van der Waals surface area contributed by atoms with Gasteiger partial charge in [0.2, 0.25) is 0 Å². The maximum atomic E-state index is 13.4. The first-order chi connectivity index (χ1) is 8.08. The highest BCUT2D eigenvalue weighted by molar-refractivity contribution is 5.46. The van der Waals surface area contributed by atoms with Crippen molar-refractivity contribution in [3.8, 4) is 0 Å². The van der Waals surface area contributed by atoms with Crippen molar-refractivity contribution >= 4 is 5.69 Å². The van der Waals surface area contributed by atoms with E-state index in [4.69, 9.17) is 0 Å². The van der Waals surface area contributed by atoms with Crippen LogP contribution in [0.5, 0.6) is 0 Å². The Hall–Kier alpha value is -1.91. The summed E-state index contributed by atoms with van der Waals surface area (Å²) in [5.74, 6) is -0.855. The average molecular weight is 237 g/mol. The van der Waals surface area contributed by atoms with Gasteiger partial charge in [0.15, 0.2) is 0 Å². The Balaban J connectivity index is 2.12. The van der Waals surface area contributed by atoms with Gasteiger partial charge in [-0.05, 0) is 25.1 Å². The van der Waals surface area contributed by atoms with Gasteiger partial charge in [-0.3, -0.25) is 4.68 Å². The van der Waals surface area contributed by atoms with Crippen LogP contribution in [-0.2, 0) is 13.6 Å². The highest BCUT2D eigenvalue weighted by Gasteiger charge is 2.06. The van der Waals surface area contributed by atoms with Crippen LogP contribution in [0.25, 0.3) is 0 Å². The van der Waals surface area contributed by atoms with Crippen LogP contribution in [0, 0.1) is 18.6 Å². The van der Waals surface area contributed by atoms with Crippen LogP contribution in [0.15, 0.2) is 24.4 Å². The molecule has 0 radical (unpaired) electrons. The van der Waals surface area contributed by atoms with E-state index < -0.39 is 11.6 Å². The van der Waals surface area contributed by atoms with Crippen LogP contribution in [0.4, 0.5) is 14.5 Å². The number of nitrogens with one attached hydrogen (secondary N) is 1. The predicted octanol–water partition coefficient (Wildman–Crippen LogP) is 2.62. The SMILES string of the molecule is Cc1c(NCc2cc(F)ccc2F)cnn1C. The summed E-state index contributed by atoms with van der Waals surface area (Å²) in [6.07, 6.45) is 1.66. The van der Waals surface area contributed by atoms with Crippen LogP contribution >= 0.6 is 0 Å². The molecular formula is C12H13F2N3. The molecule has 1 N–H and O–H groups in total. The molecule has 0 aliphatic carbocycles. The Morgan fingerprint density at radius 3 is 2.76 bits per heavy atom. The molecule has 0 amide bonds. The molecule has 0 saturated carbocycles. The molecule has 2 rings (SSSR count). The van der Waals surface area contributed by atoms with Gasteiger partial charge in [-0.1, -0.05) is 0 Å². The van der Waals surface area contributed by atoms with E-state index in [-0.39, 0.29) is 6.54 Å². The predicted molar refractivity (Wildman–Crippen MR) is 61.6 cm³/mol. The molecule has 0 fully saturated rings. The quantitative estimate of drug-likeness (QED) is 0.889. The highest BCUT2D eigenvalue weighted by Crippen LogP contribution is 2.15. The Morgan fingerprint density at radius 1 is 1.35 bits per heavy atom.